The maximum atomic E-state index is 10.5. The summed E-state index contributed by atoms with van der Waals surface area (Å²) in [6.07, 6.45) is 0.679. The molecule has 2 rings (SSSR count). The first kappa shape index (κ1) is 13.0. The Morgan fingerprint density at radius 1 is 1.00 bits per heavy atom. The molecule has 18 heavy (non-hydrogen) atoms. The topological polar surface area (TPSA) is 61.1 Å². The molecule has 5 heteroatoms. The minimum Gasteiger partial charge on any atom is -0.761 e. The molecular formula is C13H11Cl2N2O-. The molecule has 0 radical (unpaired) electrons. The van der Waals surface area contributed by atoms with Crippen molar-refractivity contribution in [2.24, 2.45) is 0 Å². The Morgan fingerprint density at radius 2 is 1.61 bits per heavy atom. The van der Waals surface area contributed by atoms with E-state index in [1.54, 1.807) is 23.7 Å². The Bertz CT molecular complexity index is 573. The van der Waals surface area contributed by atoms with Gasteiger partial charge in [-0.3, -0.25) is 0 Å². The van der Waals surface area contributed by atoms with E-state index in [2.05, 4.69) is 0 Å². The maximum Gasteiger partial charge on any atom is 0.0638 e. The summed E-state index contributed by atoms with van der Waals surface area (Å²) >= 11 is 11.9. The SMILES string of the molecule is Nc1ccc(Cc2ccc(N[O-])c(Cl)c2)cc1Cl. The van der Waals surface area contributed by atoms with Crippen LogP contribution in [0.1, 0.15) is 11.1 Å². The Labute approximate surface area is 115 Å². The van der Waals surface area contributed by atoms with Gasteiger partial charge in [-0.25, -0.2) is 0 Å². The lowest BCUT2D eigenvalue weighted by molar-refractivity contribution is 1.19. The highest BCUT2D eigenvalue weighted by molar-refractivity contribution is 6.33. The molecular weight excluding hydrogens is 271 g/mol. The molecule has 0 aliphatic carbocycles. The van der Waals surface area contributed by atoms with Crippen molar-refractivity contribution in [3.8, 4) is 0 Å². The largest absolute Gasteiger partial charge is 0.761 e. The first-order chi connectivity index (χ1) is 8.60. The van der Waals surface area contributed by atoms with Gasteiger partial charge in [-0.1, -0.05) is 35.3 Å². The zero-order chi connectivity index (χ0) is 13.1. The summed E-state index contributed by atoms with van der Waals surface area (Å²) in [7, 11) is 0. The zero-order valence-electron chi connectivity index (χ0n) is 9.41. The van der Waals surface area contributed by atoms with Gasteiger partial charge < -0.3 is 16.4 Å². The molecule has 0 amide bonds. The molecule has 0 aliphatic heterocycles. The number of benzene rings is 2. The molecule has 2 aromatic rings. The van der Waals surface area contributed by atoms with E-state index >= 15 is 0 Å². The summed E-state index contributed by atoms with van der Waals surface area (Å²) in [5, 5.41) is 11.5. The summed E-state index contributed by atoms with van der Waals surface area (Å²) in [5.74, 6) is 0. The fraction of sp³-hybridized carbons (Fsp3) is 0.0769. The van der Waals surface area contributed by atoms with Gasteiger partial charge in [0.2, 0.25) is 0 Å². The predicted molar refractivity (Wildman–Crippen MR) is 77.1 cm³/mol. The molecule has 0 fully saturated rings. The summed E-state index contributed by atoms with van der Waals surface area (Å²) in [6.45, 7) is 0. The maximum absolute atomic E-state index is 10.5. The van der Waals surface area contributed by atoms with Crippen LogP contribution in [0.25, 0.3) is 0 Å². The fourth-order valence-electron chi connectivity index (χ4n) is 1.67. The van der Waals surface area contributed by atoms with Gasteiger partial charge in [-0.2, -0.15) is 0 Å². The Hall–Kier alpha value is -1.42. The first-order valence-corrected chi connectivity index (χ1v) is 6.06. The van der Waals surface area contributed by atoms with Crippen molar-refractivity contribution in [2.45, 2.75) is 6.42 Å². The lowest BCUT2D eigenvalue weighted by atomic mass is 10.0. The van der Waals surface area contributed by atoms with Crippen molar-refractivity contribution < 1.29 is 0 Å². The molecule has 0 bridgehead atoms. The van der Waals surface area contributed by atoms with Crippen LogP contribution in [0.3, 0.4) is 0 Å². The van der Waals surface area contributed by atoms with Crippen LogP contribution in [-0.2, 0) is 6.42 Å². The number of nitrogen functional groups attached to an aromatic ring is 1. The average molecular weight is 282 g/mol. The molecule has 0 saturated heterocycles. The quantitative estimate of drug-likeness (QED) is 0.658. The molecule has 3 nitrogen and oxygen atoms in total. The standard InChI is InChI=1S/C13H11Cl2N2O/c14-10-6-8(1-3-12(10)16)5-9-2-4-13(17-18)11(15)7-9/h1-4,6-7,17H,5,16H2/q-1. The second kappa shape index (κ2) is 5.48. The van der Waals surface area contributed by atoms with Gasteiger partial charge in [0, 0.05) is 5.69 Å². The number of rotatable bonds is 3. The zero-order valence-corrected chi connectivity index (χ0v) is 10.9. The van der Waals surface area contributed by atoms with Crippen LogP contribution in [-0.4, -0.2) is 0 Å². The second-order valence-corrected chi connectivity index (χ2v) is 4.76. The van der Waals surface area contributed by atoms with Gasteiger partial charge in [0.25, 0.3) is 0 Å². The van der Waals surface area contributed by atoms with Crippen molar-refractivity contribution in [1.82, 2.24) is 0 Å². The third-order valence-electron chi connectivity index (χ3n) is 2.62. The van der Waals surface area contributed by atoms with Gasteiger partial charge in [0.1, 0.15) is 0 Å². The van der Waals surface area contributed by atoms with E-state index in [9.17, 15) is 5.21 Å². The van der Waals surface area contributed by atoms with Crippen molar-refractivity contribution in [1.29, 1.82) is 0 Å². The molecule has 0 aromatic heterocycles. The molecule has 2 aromatic carbocycles. The molecule has 0 atom stereocenters. The van der Waals surface area contributed by atoms with Gasteiger partial charge in [-0.05, 0) is 41.8 Å². The second-order valence-electron chi connectivity index (χ2n) is 3.95. The van der Waals surface area contributed by atoms with Crippen LogP contribution in [0.5, 0.6) is 0 Å². The van der Waals surface area contributed by atoms with Crippen molar-refractivity contribution in [3.05, 3.63) is 62.8 Å². The van der Waals surface area contributed by atoms with Crippen LogP contribution in [0.4, 0.5) is 11.4 Å². The van der Waals surface area contributed by atoms with Crippen LogP contribution >= 0.6 is 23.2 Å². The molecule has 3 N–H and O–H groups in total. The van der Waals surface area contributed by atoms with E-state index in [1.165, 1.54) is 0 Å². The third kappa shape index (κ3) is 2.88. The Morgan fingerprint density at radius 3 is 2.17 bits per heavy atom. The summed E-state index contributed by atoms with van der Waals surface area (Å²) in [5.41, 5.74) is 10.4. The summed E-state index contributed by atoms with van der Waals surface area (Å²) in [4.78, 5) is 0. The van der Waals surface area contributed by atoms with E-state index in [-0.39, 0.29) is 0 Å². The normalized spacial score (nSPS) is 10.4. The van der Waals surface area contributed by atoms with Crippen molar-refractivity contribution >= 4 is 34.6 Å². The van der Waals surface area contributed by atoms with Crippen molar-refractivity contribution in [2.75, 3.05) is 11.2 Å². The monoisotopic (exact) mass is 281 g/mol. The summed E-state index contributed by atoms with van der Waals surface area (Å²) in [6, 6.07) is 10.8. The number of hydrogen-bond acceptors (Lipinski definition) is 3. The minimum absolute atomic E-state index is 0.371. The number of nitrogens with two attached hydrogens (primary N) is 1. The first-order valence-electron chi connectivity index (χ1n) is 5.30. The van der Waals surface area contributed by atoms with Crippen molar-refractivity contribution in [3.63, 3.8) is 0 Å². The van der Waals surface area contributed by atoms with E-state index < -0.39 is 0 Å². The highest BCUT2D eigenvalue weighted by atomic mass is 35.5. The summed E-state index contributed by atoms with van der Waals surface area (Å²) < 4.78 is 0. The smallest absolute Gasteiger partial charge is 0.0638 e. The number of hydrogen-bond donors (Lipinski definition) is 2. The molecule has 0 unspecified atom stereocenters. The average Bonchev–Trinajstić information content (AvgIpc) is 2.34. The number of nitrogens with one attached hydrogen (secondary N) is 1. The number of anilines is 2. The Balaban J connectivity index is 2.23. The minimum atomic E-state index is 0.371. The molecule has 0 heterocycles. The Kier molecular flexibility index (Phi) is 3.97. The molecule has 0 saturated carbocycles. The van der Waals surface area contributed by atoms with Crippen LogP contribution in [0, 0.1) is 5.21 Å². The lowest BCUT2D eigenvalue weighted by Gasteiger charge is -2.12. The van der Waals surface area contributed by atoms with E-state index in [0.29, 0.717) is 27.8 Å². The van der Waals surface area contributed by atoms with Crippen LogP contribution in [0.2, 0.25) is 10.0 Å². The van der Waals surface area contributed by atoms with E-state index in [0.717, 1.165) is 11.1 Å². The van der Waals surface area contributed by atoms with Gasteiger partial charge in [0.05, 0.1) is 15.7 Å². The van der Waals surface area contributed by atoms with Crippen LogP contribution in [0.15, 0.2) is 36.4 Å². The molecule has 94 valence electrons. The molecule has 0 aliphatic rings. The highest BCUT2D eigenvalue weighted by Gasteiger charge is 2.03. The van der Waals surface area contributed by atoms with E-state index in [1.807, 2.05) is 18.2 Å². The van der Waals surface area contributed by atoms with Gasteiger partial charge in [0.15, 0.2) is 0 Å². The van der Waals surface area contributed by atoms with Gasteiger partial charge >= 0.3 is 0 Å². The molecule has 0 spiro atoms. The van der Waals surface area contributed by atoms with Crippen LogP contribution < -0.4 is 11.2 Å². The highest BCUT2D eigenvalue weighted by Crippen LogP contribution is 2.25. The van der Waals surface area contributed by atoms with E-state index in [4.69, 9.17) is 28.9 Å². The number of halogens is 2. The third-order valence-corrected chi connectivity index (χ3v) is 3.26. The predicted octanol–water partition coefficient (Wildman–Crippen LogP) is 4.08. The lowest BCUT2D eigenvalue weighted by Crippen LogP contribution is -1.93. The fourth-order valence-corrected chi connectivity index (χ4v) is 2.11. The van der Waals surface area contributed by atoms with Gasteiger partial charge in [-0.15, -0.1) is 0 Å².